The average Bonchev–Trinajstić information content (AvgIpc) is 3.11. The van der Waals surface area contributed by atoms with Crippen LogP contribution in [0.4, 0.5) is 4.79 Å². The molecule has 1 aromatic carbocycles. The summed E-state index contributed by atoms with van der Waals surface area (Å²) in [5.74, 6) is -0.113. The first kappa shape index (κ1) is 14.1. The van der Waals surface area contributed by atoms with Crippen LogP contribution in [0.5, 0.6) is 0 Å². The standard InChI is InChI=1S/C16H20N2O3/c19-11-13-7-5-12(6-8-13)9-18-15(20)10-17(16(18)21)14-3-1-2-4-14/h5-8,14,19H,1-4,9-11H2. The molecule has 1 aromatic rings. The van der Waals surface area contributed by atoms with Crippen LogP contribution in [-0.4, -0.2) is 39.4 Å². The van der Waals surface area contributed by atoms with Crippen LogP contribution in [0.2, 0.25) is 0 Å². The molecule has 0 aromatic heterocycles. The van der Waals surface area contributed by atoms with Crippen molar-refractivity contribution in [2.75, 3.05) is 6.54 Å². The van der Waals surface area contributed by atoms with Gasteiger partial charge in [0.1, 0.15) is 6.54 Å². The van der Waals surface area contributed by atoms with Crippen molar-refractivity contribution in [3.8, 4) is 0 Å². The Hall–Kier alpha value is -1.88. The van der Waals surface area contributed by atoms with E-state index in [1.54, 1.807) is 4.90 Å². The van der Waals surface area contributed by atoms with E-state index in [2.05, 4.69) is 0 Å². The van der Waals surface area contributed by atoms with Crippen LogP contribution in [0.15, 0.2) is 24.3 Å². The summed E-state index contributed by atoms with van der Waals surface area (Å²) >= 11 is 0. The van der Waals surface area contributed by atoms with Crippen molar-refractivity contribution < 1.29 is 14.7 Å². The number of carbonyl (C=O) groups is 2. The van der Waals surface area contributed by atoms with E-state index in [0.29, 0.717) is 6.54 Å². The Morgan fingerprint density at radius 3 is 2.29 bits per heavy atom. The van der Waals surface area contributed by atoms with Gasteiger partial charge in [0.15, 0.2) is 0 Å². The average molecular weight is 288 g/mol. The summed E-state index contributed by atoms with van der Waals surface area (Å²) in [6.07, 6.45) is 4.31. The number of aliphatic hydroxyl groups is 1. The van der Waals surface area contributed by atoms with Crippen LogP contribution in [0.3, 0.4) is 0 Å². The summed E-state index contributed by atoms with van der Waals surface area (Å²) in [5.41, 5.74) is 1.73. The molecule has 1 N–H and O–H groups in total. The van der Waals surface area contributed by atoms with Gasteiger partial charge in [-0.1, -0.05) is 37.1 Å². The second-order valence-electron chi connectivity index (χ2n) is 5.80. The number of benzene rings is 1. The van der Waals surface area contributed by atoms with Gasteiger partial charge < -0.3 is 10.0 Å². The van der Waals surface area contributed by atoms with Gasteiger partial charge in [0.05, 0.1) is 13.2 Å². The minimum Gasteiger partial charge on any atom is -0.392 e. The van der Waals surface area contributed by atoms with Gasteiger partial charge in [-0.15, -0.1) is 0 Å². The van der Waals surface area contributed by atoms with Gasteiger partial charge in [0.2, 0.25) is 0 Å². The van der Waals surface area contributed by atoms with E-state index in [1.165, 1.54) is 4.90 Å². The molecule has 1 saturated carbocycles. The quantitative estimate of drug-likeness (QED) is 0.861. The van der Waals surface area contributed by atoms with E-state index < -0.39 is 0 Å². The highest BCUT2D eigenvalue weighted by Gasteiger charge is 2.40. The number of aliphatic hydroxyl groups excluding tert-OH is 1. The van der Waals surface area contributed by atoms with Gasteiger partial charge in [-0.2, -0.15) is 0 Å². The van der Waals surface area contributed by atoms with Crippen LogP contribution >= 0.6 is 0 Å². The highest BCUT2D eigenvalue weighted by Crippen LogP contribution is 2.27. The van der Waals surface area contributed by atoms with Gasteiger partial charge >= 0.3 is 6.03 Å². The minimum atomic E-state index is -0.155. The normalized spacial score (nSPS) is 19.9. The number of urea groups is 1. The van der Waals surface area contributed by atoms with Crippen molar-refractivity contribution in [2.24, 2.45) is 0 Å². The summed E-state index contributed by atoms with van der Waals surface area (Å²) in [6.45, 7) is 0.530. The van der Waals surface area contributed by atoms with E-state index in [9.17, 15) is 9.59 Å². The molecule has 1 aliphatic heterocycles. The lowest BCUT2D eigenvalue weighted by Gasteiger charge is -2.23. The lowest BCUT2D eigenvalue weighted by Crippen LogP contribution is -2.37. The third-order valence-electron chi connectivity index (χ3n) is 4.39. The number of carbonyl (C=O) groups excluding carboxylic acids is 2. The molecule has 0 unspecified atom stereocenters. The molecule has 5 heteroatoms. The second-order valence-corrected chi connectivity index (χ2v) is 5.80. The maximum absolute atomic E-state index is 12.4. The van der Waals surface area contributed by atoms with Gasteiger partial charge in [-0.05, 0) is 24.0 Å². The second kappa shape index (κ2) is 5.85. The SMILES string of the molecule is O=C1CN(C2CCCC2)C(=O)N1Cc1ccc(CO)cc1. The molecule has 0 spiro atoms. The highest BCUT2D eigenvalue weighted by molar-refractivity contribution is 6.02. The van der Waals surface area contributed by atoms with E-state index in [1.807, 2.05) is 24.3 Å². The Bertz CT molecular complexity index is 535. The van der Waals surface area contributed by atoms with Crippen molar-refractivity contribution in [3.05, 3.63) is 35.4 Å². The van der Waals surface area contributed by atoms with Gasteiger partial charge in [0.25, 0.3) is 5.91 Å². The third kappa shape index (κ3) is 2.78. The number of rotatable bonds is 4. The van der Waals surface area contributed by atoms with E-state index in [-0.39, 0.29) is 31.1 Å². The molecule has 2 aliphatic rings. The fourth-order valence-corrected chi connectivity index (χ4v) is 3.15. The number of hydrogen-bond acceptors (Lipinski definition) is 3. The molecule has 112 valence electrons. The van der Waals surface area contributed by atoms with Crippen LogP contribution in [0.25, 0.3) is 0 Å². The Morgan fingerprint density at radius 1 is 1.05 bits per heavy atom. The lowest BCUT2D eigenvalue weighted by atomic mass is 10.1. The summed E-state index contributed by atoms with van der Waals surface area (Å²) in [4.78, 5) is 27.6. The summed E-state index contributed by atoms with van der Waals surface area (Å²) in [5, 5.41) is 9.03. The number of hydrogen-bond donors (Lipinski definition) is 1. The van der Waals surface area contributed by atoms with Crippen LogP contribution in [0, 0.1) is 0 Å². The number of nitrogens with zero attached hydrogens (tertiary/aromatic N) is 2. The van der Waals surface area contributed by atoms with Crippen LogP contribution < -0.4 is 0 Å². The summed E-state index contributed by atoms with van der Waals surface area (Å²) in [6, 6.07) is 7.42. The highest BCUT2D eigenvalue weighted by atomic mass is 16.3. The van der Waals surface area contributed by atoms with Crippen molar-refractivity contribution in [1.29, 1.82) is 0 Å². The fraction of sp³-hybridized carbons (Fsp3) is 0.500. The largest absolute Gasteiger partial charge is 0.392 e. The van der Waals surface area contributed by atoms with Gasteiger partial charge in [-0.25, -0.2) is 4.79 Å². The first-order valence-corrected chi connectivity index (χ1v) is 7.48. The minimum absolute atomic E-state index is 0.00267. The summed E-state index contributed by atoms with van der Waals surface area (Å²) in [7, 11) is 0. The molecule has 1 saturated heterocycles. The number of amides is 3. The molecule has 0 bridgehead atoms. The van der Waals surface area contributed by atoms with Crippen LogP contribution in [-0.2, 0) is 17.9 Å². The molecule has 3 rings (SSSR count). The molecule has 21 heavy (non-hydrogen) atoms. The molecule has 2 fully saturated rings. The molecule has 5 nitrogen and oxygen atoms in total. The first-order valence-electron chi connectivity index (χ1n) is 7.48. The van der Waals surface area contributed by atoms with Crippen molar-refractivity contribution in [1.82, 2.24) is 9.80 Å². The summed E-state index contributed by atoms with van der Waals surface area (Å²) < 4.78 is 0. The zero-order valence-electron chi connectivity index (χ0n) is 12.0. The maximum atomic E-state index is 12.4. The first-order chi connectivity index (χ1) is 10.2. The van der Waals surface area contributed by atoms with Crippen molar-refractivity contribution in [3.63, 3.8) is 0 Å². The monoisotopic (exact) mass is 288 g/mol. The zero-order chi connectivity index (χ0) is 14.8. The Labute approximate surface area is 124 Å². The smallest absolute Gasteiger partial charge is 0.327 e. The van der Waals surface area contributed by atoms with Crippen molar-refractivity contribution >= 4 is 11.9 Å². The molecule has 0 atom stereocenters. The molecule has 0 radical (unpaired) electrons. The molecule has 1 heterocycles. The zero-order valence-corrected chi connectivity index (χ0v) is 12.0. The van der Waals surface area contributed by atoms with E-state index in [0.717, 1.165) is 36.8 Å². The predicted octanol–water partition coefficient (Wildman–Crippen LogP) is 1.89. The molecular formula is C16H20N2O3. The van der Waals surface area contributed by atoms with Crippen molar-refractivity contribution in [2.45, 2.75) is 44.9 Å². The van der Waals surface area contributed by atoms with E-state index in [4.69, 9.17) is 5.11 Å². The molecular weight excluding hydrogens is 268 g/mol. The Balaban J connectivity index is 1.69. The maximum Gasteiger partial charge on any atom is 0.327 e. The fourth-order valence-electron chi connectivity index (χ4n) is 3.15. The lowest BCUT2D eigenvalue weighted by molar-refractivity contribution is -0.125. The topological polar surface area (TPSA) is 60.9 Å². The van der Waals surface area contributed by atoms with Gasteiger partial charge in [0, 0.05) is 6.04 Å². The molecule has 3 amide bonds. The van der Waals surface area contributed by atoms with Gasteiger partial charge in [-0.3, -0.25) is 9.69 Å². The Kier molecular flexibility index (Phi) is 3.92. The van der Waals surface area contributed by atoms with E-state index >= 15 is 0 Å². The Morgan fingerprint density at radius 2 is 1.67 bits per heavy atom. The molecule has 1 aliphatic carbocycles. The van der Waals surface area contributed by atoms with Crippen LogP contribution in [0.1, 0.15) is 36.8 Å². The number of imide groups is 1. The predicted molar refractivity (Wildman–Crippen MR) is 77.3 cm³/mol. The third-order valence-corrected chi connectivity index (χ3v) is 4.39.